The van der Waals surface area contributed by atoms with Crippen LogP contribution in [0.5, 0.6) is 11.5 Å². The molecule has 1 unspecified atom stereocenters. The highest BCUT2D eigenvalue weighted by Crippen LogP contribution is 2.92. The van der Waals surface area contributed by atoms with Crippen molar-refractivity contribution in [3.05, 3.63) is 23.3 Å². The average molecular weight is 412 g/mol. The Morgan fingerprint density at radius 2 is 2.17 bits per heavy atom. The number of benzene rings is 1. The largest absolute Gasteiger partial charge is 0.504 e. The molecule has 162 valence electrons. The van der Waals surface area contributed by atoms with Crippen molar-refractivity contribution in [1.82, 2.24) is 4.90 Å². The number of ether oxygens (including phenoxy) is 2. The van der Waals surface area contributed by atoms with Gasteiger partial charge in [-0.05, 0) is 64.3 Å². The minimum atomic E-state index is -0.783. The Morgan fingerprint density at radius 1 is 1.37 bits per heavy atom. The maximum atomic E-state index is 11.7. The molecule has 0 aromatic heterocycles. The van der Waals surface area contributed by atoms with Crippen molar-refractivity contribution < 1.29 is 19.7 Å². The van der Waals surface area contributed by atoms with Crippen molar-refractivity contribution in [3.63, 3.8) is 0 Å². The number of piperidine rings is 1. The van der Waals surface area contributed by atoms with Crippen LogP contribution in [0.4, 0.5) is 0 Å². The predicted octanol–water partition coefficient (Wildman–Crippen LogP) is 3.00. The van der Waals surface area contributed by atoms with Crippen molar-refractivity contribution in [2.24, 2.45) is 17.3 Å². The van der Waals surface area contributed by atoms with E-state index >= 15 is 0 Å². The number of likely N-dealkylation sites (tertiary alicyclic amines) is 1. The van der Waals surface area contributed by atoms with Crippen LogP contribution in [0.15, 0.2) is 12.1 Å². The van der Waals surface area contributed by atoms with Gasteiger partial charge >= 0.3 is 0 Å². The first-order chi connectivity index (χ1) is 14.3. The van der Waals surface area contributed by atoms with Crippen LogP contribution in [0, 0.1) is 17.3 Å². The van der Waals surface area contributed by atoms with Gasteiger partial charge in [0.25, 0.3) is 0 Å². The van der Waals surface area contributed by atoms with Gasteiger partial charge in [-0.2, -0.15) is 0 Å². The Kier molecular flexibility index (Phi) is 2.97. The van der Waals surface area contributed by atoms with E-state index in [-0.39, 0.29) is 28.4 Å². The van der Waals surface area contributed by atoms with Crippen molar-refractivity contribution in [3.8, 4) is 11.5 Å². The lowest BCUT2D eigenvalue weighted by Crippen LogP contribution is -2.72. The van der Waals surface area contributed by atoms with Crippen LogP contribution in [0.1, 0.15) is 57.1 Å². The molecule has 0 radical (unpaired) electrons. The van der Waals surface area contributed by atoms with Gasteiger partial charge in [-0.15, -0.1) is 0 Å². The Balaban J connectivity index is 1.54. The summed E-state index contributed by atoms with van der Waals surface area (Å²) in [5, 5.41) is 22.6. The number of rotatable bonds is 4. The number of aliphatic hydroxyl groups is 1. The summed E-state index contributed by atoms with van der Waals surface area (Å²) < 4.78 is 13.3. The van der Waals surface area contributed by atoms with E-state index in [0.29, 0.717) is 6.04 Å². The zero-order chi connectivity index (χ0) is 20.9. The topological polar surface area (TPSA) is 62.2 Å². The zero-order valence-electron chi connectivity index (χ0n) is 18.5. The molecule has 0 amide bonds. The Bertz CT molecular complexity index is 992. The lowest BCUT2D eigenvalue weighted by atomic mass is 9.41. The summed E-state index contributed by atoms with van der Waals surface area (Å²) in [4.78, 5) is 2.57. The fourth-order valence-electron chi connectivity index (χ4n) is 10.2. The van der Waals surface area contributed by atoms with Crippen LogP contribution in [-0.4, -0.2) is 58.7 Å². The second kappa shape index (κ2) is 4.87. The number of phenolic OH excluding ortho intramolecular Hbond substituents is 1. The van der Waals surface area contributed by atoms with E-state index in [4.69, 9.17) is 9.47 Å². The Morgan fingerprint density at radius 3 is 2.90 bits per heavy atom. The Labute approximate surface area is 178 Å². The molecule has 5 fully saturated rings. The van der Waals surface area contributed by atoms with Gasteiger partial charge < -0.3 is 24.6 Å². The van der Waals surface area contributed by atoms with Gasteiger partial charge in [-0.25, -0.2) is 0 Å². The van der Waals surface area contributed by atoms with Crippen molar-refractivity contribution in [2.75, 3.05) is 20.7 Å². The first-order valence-electron chi connectivity index (χ1n) is 11.8. The normalized spacial score (nSPS) is 50.6. The van der Waals surface area contributed by atoms with Gasteiger partial charge in [-0.3, -0.25) is 0 Å². The van der Waals surface area contributed by atoms with Gasteiger partial charge in [0.2, 0.25) is 0 Å². The molecule has 6 bridgehead atoms. The fourth-order valence-corrected chi connectivity index (χ4v) is 10.2. The third kappa shape index (κ3) is 1.44. The summed E-state index contributed by atoms with van der Waals surface area (Å²) in [6.07, 6.45) is 5.80. The van der Waals surface area contributed by atoms with Gasteiger partial charge in [0, 0.05) is 41.4 Å². The standard InChI is InChI=1S/C25H33NO4/c1-5-8-21(2,28)16-12-22-13-24-20(25(16,24)29-4)23(22)9-10-26(3)17(22)11-14-6-7-15(27)19(30-24)18(14)23/h6-7,16-17,20,27-28H,5,8-13H2,1-4H3/t16-,17-,20+,21?,22+,23+,24-,25-/m1/s1. The smallest absolute Gasteiger partial charge is 0.166 e. The molecule has 8 rings (SSSR count). The van der Waals surface area contributed by atoms with Crippen LogP contribution in [0.25, 0.3) is 0 Å². The molecule has 1 aromatic rings. The summed E-state index contributed by atoms with van der Waals surface area (Å²) in [5.41, 5.74) is 1.05. The van der Waals surface area contributed by atoms with Gasteiger partial charge in [0.05, 0.1) is 5.60 Å². The van der Waals surface area contributed by atoms with E-state index in [1.165, 1.54) is 11.1 Å². The monoisotopic (exact) mass is 411 g/mol. The molecule has 2 N–H and O–H groups in total. The Hall–Kier alpha value is -1.30. The van der Waals surface area contributed by atoms with Crippen molar-refractivity contribution in [2.45, 2.75) is 80.6 Å². The van der Waals surface area contributed by atoms with Crippen LogP contribution in [-0.2, 0) is 16.6 Å². The van der Waals surface area contributed by atoms with Gasteiger partial charge in [0.1, 0.15) is 11.2 Å². The maximum absolute atomic E-state index is 11.7. The zero-order valence-corrected chi connectivity index (χ0v) is 18.5. The number of likely N-dealkylation sites (N-methyl/N-ethyl adjacent to an activating group) is 1. The molecular formula is C25H33NO4. The lowest BCUT2D eigenvalue weighted by Gasteiger charge is -2.67. The second-order valence-electron chi connectivity index (χ2n) is 11.5. The molecule has 8 atom stereocenters. The average Bonchev–Trinajstić information content (AvgIpc) is 3.25. The summed E-state index contributed by atoms with van der Waals surface area (Å²) in [7, 11) is 4.11. The van der Waals surface area contributed by atoms with E-state index in [1.54, 1.807) is 0 Å². The van der Waals surface area contributed by atoms with Crippen LogP contribution in [0.3, 0.4) is 0 Å². The van der Waals surface area contributed by atoms with E-state index in [1.807, 2.05) is 20.1 Å². The molecule has 4 saturated carbocycles. The fraction of sp³-hybridized carbons (Fsp3) is 0.760. The quantitative estimate of drug-likeness (QED) is 0.798. The van der Waals surface area contributed by atoms with Crippen molar-refractivity contribution in [1.29, 1.82) is 0 Å². The number of phenols is 1. The molecule has 7 aliphatic rings. The van der Waals surface area contributed by atoms with E-state index in [0.717, 1.165) is 50.8 Å². The van der Waals surface area contributed by atoms with Crippen molar-refractivity contribution >= 4 is 0 Å². The highest BCUT2D eigenvalue weighted by molar-refractivity contribution is 5.68. The van der Waals surface area contributed by atoms with Gasteiger partial charge in [0.15, 0.2) is 11.5 Å². The number of hydrogen-bond acceptors (Lipinski definition) is 5. The number of fused-ring (bicyclic) bond motifs is 1. The highest BCUT2D eigenvalue weighted by atomic mass is 16.6. The molecule has 30 heavy (non-hydrogen) atoms. The van der Waals surface area contributed by atoms with Crippen LogP contribution >= 0.6 is 0 Å². The summed E-state index contributed by atoms with van der Waals surface area (Å²) >= 11 is 0. The second-order valence-corrected chi connectivity index (χ2v) is 11.5. The van der Waals surface area contributed by atoms with Crippen LogP contribution in [0.2, 0.25) is 0 Å². The van der Waals surface area contributed by atoms with E-state index < -0.39 is 16.8 Å². The number of hydrogen-bond donors (Lipinski definition) is 2. The van der Waals surface area contributed by atoms with E-state index in [9.17, 15) is 10.2 Å². The van der Waals surface area contributed by atoms with E-state index in [2.05, 4.69) is 24.9 Å². The SMILES string of the molecule is CCCC(C)(O)[C@H]1C[C@@]23C[C@@]45Oc6c(O)ccc7c6[C@@]2(CCN(C)[C@@H]3C7)[C@@H]4[C@]15OC. The third-order valence-corrected chi connectivity index (χ3v) is 10.8. The number of nitrogens with zero attached hydrogens (tertiary/aromatic N) is 1. The summed E-state index contributed by atoms with van der Waals surface area (Å²) in [6, 6.07) is 4.41. The molecule has 2 aliphatic heterocycles. The number of aromatic hydroxyl groups is 1. The molecule has 5 aliphatic carbocycles. The molecule has 3 spiro atoms. The van der Waals surface area contributed by atoms with Gasteiger partial charge in [-0.1, -0.05) is 19.4 Å². The first-order valence-corrected chi connectivity index (χ1v) is 11.8. The molecule has 2 heterocycles. The first kappa shape index (κ1) is 18.3. The predicted molar refractivity (Wildman–Crippen MR) is 112 cm³/mol. The molecule has 5 nitrogen and oxygen atoms in total. The highest BCUT2D eigenvalue weighted by Gasteiger charge is 3.01. The molecule has 1 saturated heterocycles. The third-order valence-electron chi connectivity index (χ3n) is 10.8. The minimum Gasteiger partial charge on any atom is -0.504 e. The molecule has 5 heteroatoms. The summed E-state index contributed by atoms with van der Waals surface area (Å²) in [6.45, 7) is 5.24. The maximum Gasteiger partial charge on any atom is 0.166 e. The minimum absolute atomic E-state index is 0.00110. The van der Waals surface area contributed by atoms with Crippen LogP contribution < -0.4 is 4.74 Å². The lowest BCUT2D eigenvalue weighted by molar-refractivity contribution is -0.214. The summed E-state index contributed by atoms with van der Waals surface area (Å²) in [5.74, 6) is 1.32. The molecule has 1 aromatic carbocycles. The molecular weight excluding hydrogens is 378 g/mol. The number of methoxy groups -OCH3 is 1.